The van der Waals surface area contributed by atoms with Crippen LogP contribution in [0, 0.1) is 62.1 Å². The third-order valence-corrected chi connectivity index (χ3v) is 19.1. The fourth-order valence-electron chi connectivity index (χ4n) is 10.5. The van der Waals surface area contributed by atoms with Crippen LogP contribution in [0.4, 0.5) is 62.6 Å². The van der Waals surface area contributed by atoms with Crippen molar-refractivity contribution >= 4 is 166 Å². The molecule has 0 aromatic heterocycles. The zero-order valence-corrected chi connectivity index (χ0v) is 83.5. The first-order valence-corrected chi connectivity index (χ1v) is 45.4. The van der Waals surface area contributed by atoms with Gasteiger partial charge in [0, 0.05) is 54.4 Å². The Balaban J connectivity index is -0.000000314. The molecule has 9 aromatic carbocycles. The van der Waals surface area contributed by atoms with Gasteiger partial charge in [-0.1, -0.05) is 268 Å². The Kier molecular flexibility index (Phi) is 78.7. The number of nitro benzene ring substituents is 3. The largest absolute Gasteiger partial charge is 0.454 e. The van der Waals surface area contributed by atoms with Gasteiger partial charge in [0.2, 0.25) is 0 Å². The van der Waals surface area contributed by atoms with E-state index in [9.17, 15) is 53.1 Å². The van der Waals surface area contributed by atoms with E-state index in [0.29, 0.717) is 50.0 Å². The summed E-state index contributed by atoms with van der Waals surface area (Å²) in [5.74, 6) is -1.02. The number of nitrogens with one attached hydrogen (secondary N) is 1. The van der Waals surface area contributed by atoms with E-state index in [-0.39, 0.29) is 59.1 Å². The summed E-state index contributed by atoms with van der Waals surface area (Å²) in [6, 6.07) is 53.2. The van der Waals surface area contributed by atoms with Crippen LogP contribution in [0.1, 0.15) is 251 Å². The maximum Gasteiger partial charge on any atom is 0.411 e. The van der Waals surface area contributed by atoms with Crippen molar-refractivity contribution in [1.29, 1.82) is 0 Å². The van der Waals surface area contributed by atoms with Crippen molar-refractivity contribution < 1.29 is 47.0 Å². The van der Waals surface area contributed by atoms with Crippen LogP contribution in [0.3, 0.4) is 0 Å². The molecule has 9 aromatic rings. The van der Waals surface area contributed by atoms with Crippen LogP contribution in [0.25, 0.3) is 0 Å². The van der Waals surface area contributed by atoms with Crippen molar-refractivity contribution in [2.75, 3.05) is 35.7 Å². The highest BCUT2D eigenvalue weighted by Crippen LogP contribution is 2.32. The highest BCUT2D eigenvalue weighted by Gasteiger charge is 2.20. The average Bonchev–Trinajstić information content (AvgIpc) is 0.829. The normalized spacial score (nSPS) is 9.30. The number of anilines is 4. The minimum Gasteiger partial charge on any atom is -0.454 e. The lowest BCUT2D eigenvalue weighted by molar-refractivity contribution is -0.386. The molecule has 0 unspecified atom stereocenters. The lowest BCUT2D eigenvalue weighted by Crippen LogP contribution is -2.14. The van der Waals surface area contributed by atoms with Gasteiger partial charge >= 0.3 is 11.5 Å². The number of hydrogen-bond donors (Lipinski definition) is 4. The first-order chi connectivity index (χ1) is 56.6. The van der Waals surface area contributed by atoms with Gasteiger partial charge in [-0.3, -0.25) is 35.7 Å². The molecule has 0 heterocycles. The Morgan fingerprint density at radius 1 is 0.375 bits per heavy atom. The number of ether oxygens (including phenoxy) is 2. The molecule has 0 aliphatic rings. The molecule has 0 bridgehead atoms. The molecule has 0 fully saturated rings. The summed E-state index contributed by atoms with van der Waals surface area (Å²) in [5, 5.41) is 34.9. The third-order valence-electron chi connectivity index (χ3n) is 15.5. The molecule has 0 saturated heterocycles. The number of nitro groups is 3. The molecule has 26 heteroatoms. The van der Waals surface area contributed by atoms with Crippen LogP contribution in [0.5, 0.6) is 0 Å². The molecule has 0 atom stereocenters. The molecule has 120 heavy (non-hydrogen) atoms. The SMILES string of the molecule is C.CC.CC.CC.CC.CC.CC.CCCc1cc(N)c(I)cc1Cc1ccccc1.CCCc1cc(NC(=O)OCC)c(I)cc1Cc1ccccc1.CCCc1cc([N+](=O)[O-])c(I)cc1Cc1ccccc1.CCCc1cc([N+](=O)[O-])c(I)cc1F.CCCc1cc([N+](=O)[O-])c(N)cc1F.CCCc1ccc(N)cc1F.CCOC(=O)Cl.Cl. The van der Waals surface area contributed by atoms with Gasteiger partial charge < -0.3 is 26.7 Å². The van der Waals surface area contributed by atoms with Gasteiger partial charge in [0.25, 0.3) is 17.1 Å². The molecule has 0 saturated carbocycles. The minimum atomic E-state index is -0.738. The number of carbonyl (C=O) groups excluding carboxylic acids is 2. The lowest BCUT2D eigenvalue weighted by Gasteiger charge is -2.14. The number of benzene rings is 9. The van der Waals surface area contributed by atoms with Gasteiger partial charge in [0.15, 0.2) is 0 Å². The number of nitrogens with two attached hydrogens (primary N) is 3. The van der Waals surface area contributed by atoms with Crippen molar-refractivity contribution in [3.8, 4) is 0 Å². The lowest BCUT2D eigenvalue weighted by atomic mass is 9.96. The van der Waals surface area contributed by atoms with E-state index in [0.717, 1.165) is 119 Å². The molecule has 0 aliphatic heterocycles. The standard InChI is InChI=1S/C19H22INO2.C16H16INO2.C16H18IN.C9H9FINO2.C9H11FN2O2.C9H12FN.C3H5ClO2.6C2H6.CH4.ClH/c1-3-8-15-13-18(21-19(22)23-4-2)17(20)12-16(15)11-14-9-6-5-7-10-14;1-2-6-13-11-16(18(19)20)15(17)10-14(13)9-12-7-4-3-5-8-12;1-2-6-13-11-16(18)15(17)10-14(13)9-12-7-4-3-5-8-12;2*1-2-3-6-4-9(12(13)14)8(11)5-7(6)10;1-2-3-7-4-5-8(11)6-9(7)10;1-2-6-3(4)5;6*1-2;;/h5-7,9-10,12-13H,3-4,8,11H2,1-2H3,(H,21,22);3-5,7-8,10-11H,2,6,9H2,1H3;3-5,7-8,10-11H,2,6,9,18H2,1H3;4-5H,2-3H2,1H3;4-5H,2-3,11H2,1H3;4-6H,2-3,11H2,1H3;2H2,1H3;6*1-2H3;1H4;1H. The topological polar surface area (TPSA) is 272 Å². The molecule has 9 rings (SSSR count). The Morgan fingerprint density at radius 2 is 0.683 bits per heavy atom. The number of carbonyl (C=O) groups is 2. The molecule has 0 radical (unpaired) electrons. The second-order valence-electron chi connectivity index (χ2n) is 23.8. The van der Waals surface area contributed by atoms with Crippen LogP contribution >= 0.6 is 114 Å². The van der Waals surface area contributed by atoms with E-state index in [4.69, 9.17) is 33.5 Å². The summed E-state index contributed by atoms with van der Waals surface area (Å²) >= 11 is 13.1. The molecule has 0 aliphatic carbocycles. The Hall–Kier alpha value is -7.39. The first kappa shape index (κ1) is 123. The smallest absolute Gasteiger partial charge is 0.411 e. The molecule has 7 N–H and O–H groups in total. The van der Waals surface area contributed by atoms with Gasteiger partial charge in [-0.25, -0.2) is 22.8 Å². The highest BCUT2D eigenvalue weighted by molar-refractivity contribution is 14.1. The fourth-order valence-corrected chi connectivity index (χ4v) is 13.2. The number of halogens is 9. The van der Waals surface area contributed by atoms with E-state index < -0.39 is 27.2 Å². The van der Waals surface area contributed by atoms with Crippen molar-refractivity contribution in [1.82, 2.24) is 0 Å². The zero-order valence-electron chi connectivity index (χ0n) is 73.3. The molecular weight excluding hydrogens is 2020 g/mol. The van der Waals surface area contributed by atoms with Crippen molar-refractivity contribution in [3.63, 3.8) is 0 Å². The first-order valence-electron chi connectivity index (χ1n) is 40.7. The van der Waals surface area contributed by atoms with Crippen LogP contribution in [-0.4, -0.2) is 39.5 Å². The van der Waals surface area contributed by atoms with E-state index in [2.05, 4.69) is 167 Å². The van der Waals surface area contributed by atoms with Gasteiger partial charge in [0.05, 0.1) is 40.8 Å². The Bertz CT molecular complexity index is 4210. The molecule has 668 valence electrons. The fraction of sp³-hybridized carbons (Fsp3) is 0.404. The number of amides is 1. The van der Waals surface area contributed by atoms with E-state index >= 15 is 0 Å². The van der Waals surface area contributed by atoms with Gasteiger partial charge in [0.1, 0.15) is 23.1 Å². The van der Waals surface area contributed by atoms with Crippen LogP contribution < -0.4 is 22.5 Å². The predicted octanol–water partition coefficient (Wildman–Crippen LogP) is 31.1. The average molecular weight is 2160 g/mol. The second-order valence-corrected chi connectivity index (χ2v) is 28.8. The van der Waals surface area contributed by atoms with E-state index in [1.54, 1.807) is 54.6 Å². The van der Waals surface area contributed by atoms with Crippen LogP contribution in [0.2, 0.25) is 0 Å². The van der Waals surface area contributed by atoms with E-state index in [1.165, 1.54) is 68.8 Å². The maximum absolute atomic E-state index is 13.3. The molecule has 0 spiro atoms. The third kappa shape index (κ3) is 50.9. The quantitative estimate of drug-likeness (QED) is 0.0144. The van der Waals surface area contributed by atoms with Crippen LogP contribution in [-0.2, 0) is 67.3 Å². The summed E-state index contributed by atoms with van der Waals surface area (Å²) in [5.41, 5.74) is 31.1. The number of nitrogen functional groups attached to an aromatic ring is 3. The van der Waals surface area contributed by atoms with Crippen molar-refractivity contribution in [3.05, 3.63) is 299 Å². The highest BCUT2D eigenvalue weighted by atomic mass is 127. The van der Waals surface area contributed by atoms with Crippen molar-refractivity contribution in [2.45, 2.75) is 242 Å². The number of rotatable bonds is 24. The second kappa shape index (κ2) is 76.5. The summed E-state index contributed by atoms with van der Waals surface area (Å²) in [6.45, 7) is 40.5. The van der Waals surface area contributed by atoms with E-state index in [1.807, 2.05) is 157 Å². The van der Waals surface area contributed by atoms with Crippen LogP contribution in [0.15, 0.2) is 170 Å². The number of hydrogen-bond acceptors (Lipinski definition) is 13. The molecular formula is C94H134Cl2F3I4N7O10. The zero-order chi connectivity index (χ0) is 90.8. The monoisotopic (exact) mass is 2160 g/mol. The van der Waals surface area contributed by atoms with Gasteiger partial charge in [-0.15, -0.1) is 12.4 Å². The maximum atomic E-state index is 13.3. The summed E-state index contributed by atoms with van der Waals surface area (Å²) in [4.78, 5) is 52.0. The summed E-state index contributed by atoms with van der Waals surface area (Å²) in [7, 11) is 0. The summed E-state index contributed by atoms with van der Waals surface area (Å²) in [6.07, 6.45) is 12.8. The van der Waals surface area contributed by atoms with Crippen molar-refractivity contribution in [2.24, 2.45) is 0 Å². The number of nitrogens with zero attached hydrogens (tertiary/aromatic N) is 3. The predicted molar refractivity (Wildman–Crippen MR) is 540 cm³/mol. The van der Waals surface area contributed by atoms with Gasteiger partial charge in [-0.05, 0) is 277 Å². The minimum absolute atomic E-state index is 0. The molecule has 17 nitrogen and oxygen atoms in total. The Labute approximate surface area is 782 Å². The number of aryl methyl sites for hydroxylation is 6. The molecule has 1 amide bonds. The summed E-state index contributed by atoms with van der Waals surface area (Å²) < 4.78 is 51.8. The van der Waals surface area contributed by atoms with Gasteiger partial charge in [-0.2, -0.15) is 0 Å². The Morgan fingerprint density at radius 3 is 1.03 bits per heavy atom.